The summed E-state index contributed by atoms with van der Waals surface area (Å²) in [6.07, 6.45) is 6.43. The zero-order valence-corrected chi connectivity index (χ0v) is 13.0. The topological polar surface area (TPSA) is 32.3 Å². The van der Waals surface area contributed by atoms with E-state index in [0.717, 1.165) is 51.6 Å². The molecular formula is C16H24N2OS. The van der Waals surface area contributed by atoms with Crippen LogP contribution in [0.1, 0.15) is 56.4 Å². The van der Waals surface area contributed by atoms with E-state index in [1.54, 1.807) is 11.3 Å². The lowest BCUT2D eigenvalue weighted by Crippen LogP contribution is -2.54. The fourth-order valence-electron chi connectivity index (χ4n) is 3.80. The lowest BCUT2D eigenvalue weighted by Gasteiger charge is -2.35. The van der Waals surface area contributed by atoms with Gasteiger partial charge in [-0.05, 0) is 50.1 Å². The second kappa shape index (κ2) is 5.86. The van der Waals surface area contributed by atoms with Crippen molar-refractivity contribution in [3.05, 3.63) is 22.4 Å². The van der Waals surface area contributed by atoms with E-state index in [2.05, 4.69) is 34.7 Å². The van der Waals surface area contributed by atoms with Crippen molar-refractivity contribution in [2.24, 2.45) is 0 Å². The molecule has 1 amide bonds. The first-order chi connectivity index (χ1) is 9.77. The largest absolute Gasteiger partial charge is 0.333 e. The summed E-state index contributed by atoms with van der Waals surface area (Å²) in [5, 5.41) is 5.64. The molecule has 2 aliphatic rings. The van der Waals surface area contributed by atoms with Crippen LogP contribution in [0.15, 0.2) is 17.5 Å². The van der Waals surface area contributed by atoms with Crippen LogP contribution in [0, 0.1) is 0 Å². The van der Waals surface area contributed by atoms with Gasteiger partial charge >= 0.3 is 0 Å². The van der Waals surface area contributed by atoms with Crippen LogP contribution in [0.25, 0.3) is 0 Å². The third-order valence-corrected chi connectivity index (χ3v) is 5.69. The molecule has 0 radical (unpaired) electrons. The highest BCUT2D eigenvalue weighted by Crippen LogP contribution is 2.38. The second-order valence-electron chi connectivity index (χ2n) is 6.03. The highest BCUT2D eigenvalue weighted by Gasteiger charge is 2.45. The molecule has 0 aliphatic carbocycles. The standard InChI is InChI=1S/C16H24N2OS/c1-2-8-16(9-5-10-17-16)15(19)18-11-3-6-13(18)14-7-4-12-20-14/h4,7,12-13,17H,2-3,5-6,8-11H2,1H3. The summed E-state index contributed by atoms with van der Waals surface area (Å²) in [6, 6.07) is 4.59. The van der Waals surface area contributed by atoms with Crippen LogP contribution in [0.4, 0.5) is 0 Å². The van der Waals surface area contributed by atoms with Gasteiger partial charge in [0.15, 0.2) is 0 Å². The van der Waals surface area contributed by atoms with Crippen molar-refractivity contribution in [2.45, 2.75) is 57.0 Å². The third-order valence-electron chi connectivity index (χ3n) is 4.72. The number of hydrogen-bond donors (Lipinski definition) is 1. The SMILES string of the molecule is CCCC1(C(=O)N2CCCC2c2cccs2)CCCN1. The van der Waals surface area contributed by atoms with Crippen LogP contribution in [-0.2, 0) is 4.79 Å². The maximum atomic E-state index is 13.1. The molecule has 3 heterocycles. The minimum atomic E-state index is -0.269. The number of rotatable bonds is 4. The van der Waals surface area contributed by atoms with Gasteiger partial charge in [-0.3, -0.25) is 4.79 Å². The second-order valence-corrected chi connectivity index (χ2v) is 7.01. The minimum absolute atomic E-state index is 0.269. The van der Waals surface area contributed by atoms with E-state index in [0.29, 0.717) is 11.9 Å². The van der Waals surface area contributed by atoms with Crippen molar-refractivity contribution in [3.63, 3.8) is 0 Å². The normalized spacial score (nSPS) is 30.1. The van der Waals surface area contributed by atoms with Gasteiger partial charge in [-0.2, -0.15) is 0 Å². The van der Waals surface area contributed by atoms with E-state index >= 15 is 0 Å². The van der Waals surface area contributed by atoms with Gasteiger partial charge < -0.3 is 10.2 Å². The van der Waals surface area contributed by atoms with Crippen LogP contribution in [-0.4, -0.2) is 29.4 Å². The number of carbonyl (C=O) groups is 1. The lowest BCUT2D eigenvalue weighted by molar-refractivity contribution is -0.139. The Bertz CT molecular complexity index is 451. The number of nitrogens with zero attached hydrogens (tertiary/aromatic N) is 1. The number of nitrogens with one attached hydrogen (secondary N) is 1. The fourth-order valence-corrected chi connectivity index (χ4v) is 4.67. The average Bonchev–Trinajstić information content (AvgIpc) is 3.19. The van der Waals surface area contributed by atoms with Gasteiger partial charge in [0.2, 0.25) is 5.91 Å². The Morgan fingerprint density at radius 3 is 3.10 bits per heavy atom. The third kappa shape index (κ3) is 2.40. The molecule has 3 rings (SSSR count). The van der Waals surface area contributed by atoms with E-state index in [9.17, 15) is 4.79 Å². The molecule has 2 aliphatic heterocycles. The lowest BCUT2D eigenvalue weighted by atomic mass is 9.90. The molecule has 110 valence electrons. The van der Waals surface area contributed by atoms with E-state index in [-0.39, 0.29) is 5.54 Å². The molecule has 0 spiro atoms. The van der Waals surface area contributed by atoms with Gasteiger partial charge in [0.05, 0.1) is 11.6 Å². The first-order valence-electron chi connectivity index (χ1n) is 7.86. The molecule has 2 fully saturated rings. The molecule has 1 aromatic rings. The Hall–Kier alpha value is -0.870. The maximum absolute atomic E-state index is 13.1. The zero-order valence-electron chi connectivity index (χ0n) is 12.2. The maximum Gasteiger partial charge on any atom is 0.243 e. The first kappa shape index (κ1) is 14.1. The quantitative estimate of drug-likeness (QED) is 0.923. The van der Waals surface area contributed by atoms with Gasteiger partial charge in [-0.1, -0.05) is 19.4 Å². The van der Waals surface area contributed by atoms with Gasteiger partial charge in [-0.15, -0.1) is 11.3 Å². The van der Waals surface area contributed by atoms with Gasteiger partial charge in [-0.25, -0.2) is 0 Å². The predicted molar refractivity (Wildman–Crippen MR) is 82.9 cm³/mol. The zero-order chi connectivity index (χ0) is 14.0. The van der Waals surface area contributed by atoms with E-state index in [1.807, 2.05) is 0 Å². The summed E-state index contributed by atoms with van der Waals surface area (Å²) < 4.78 is 0. The highest BCUT2D eigenvalue weighted by atomic mass is 32.1. The van der Waals surface area contributed by atoms with Crippen molar-refractivity contribution in [1.29, 1.82) is 0 Å². The summed E-state index contributed by atoms with van der Waals surface area (Å²) in [7, 11) is 0. The summed E-state index contributed by atoms with van der Waals surface area (Å²) in [4.78, 5) is 16.6. The van der Waals surface area contributed by atoms with Crippen molar-refractivity contribution in [3.8, 4) is 0 Å². The first-order valence-corrected chi connectivity index (χ1v) is 8.74. The molecule has 20 heavy (non-hydrogen) atoms. The molecule has 0 aromatic carbocycles. The van der Waals surface area contributed by atoms with Crippen molar-refractivity contribution in [2.75, 3.05) is 13.1 Å². The molecule has 2 unspecified atom stereocenters. The Balaban J connectivity index is 1.81. The predicted octanol–water partition coefficient (Wildman–Crippen LogP) is 3.33. The number of likely N-dealkylation sites (tertiary alicyclic amines) is 1. The van der Waals surface area contributed by atoms with Crippen LogP contribution >= 0.6 is 11.3 Å². The smallest absolute Gasteiger partial charge is 0.243 e. The molecule has 4 heteroatoms. The molecule has 3 nitrogen and oxygen atoms in total. The molecule has 1 N–H and O–H groups in total. The molecular weight excluding hydrogens is 268 g/mol. The number of hydrogen-bond acceptors (Lipinski definition) is 3. The van der Waals surface area contributed by atoms with Crippen molar-refractivity contribution < 1.29 is 4.79 Å². The summed E-state index contributed by atoms with van der Waals surface area (Å²) >= 11 is 1.78. The fraction of sp³-hybridized carbons (Fsp3) is 0.688. The molecule has 0 saturated carbocycles. The van der Waals surface area contributed by atoms with E-state index in [4.69, 9.17) is 0 Å². The highest BCUT2D eigenvalue weighted by molar-refractivity contribution is 7.10. The Labute approximate surface area is 125 Å². The number of thiophene rings is 1. The summed E-state index contributed by atoms with van der Waals surface area (Å²) in [5.41, 5.74) is -0.269. The van der Waals surface area contributed by atoms with Crippen LogP contribution in [0.5, 0.6) is 0 Å². The van der Waals surface area contributed by atoms with Crippen molar-refractivity contribution >= 4 is 17.2 Å². The monoisotopic (exact) mass is 292 g/mol. The van der Waals surface area contributed by atoms with Gasteiger partial charge in [0.1, 0.15) is 0 Å². The average molecular weight is 292 g/mol. The van der Waals surface area contributed by atoms with E-state index < -0.39 is 0 Å². The van der Waals surface area contributed by atoms with E-state index in [1.165, 1.54) is 4.88 Å². The molecule has 2 saturated heterocycles. The number of carbonyl (C=O) groups excluding carboxylic acids is 1. The van der Waals surface area contributed by atoms with Gasteiger partial charge in [0.25, 0.3) is 0 Å². The molecule has 1 aromatic heterocycles. The Morgan fingerprint density at radius 2 is 2.45 bits per heavy atom. The Morgan fingerprint density at radius 1 is 1.55 bits per heavy atom. The van der Waals surface area contributed by atoms with Gasteiger partial charge in [0, 0.05) is 11.4 Å². The Kier molecular flexibility index (Phi) is 4.13. The van der Waals surface area contributed by atoms with Crippen LogP contribution < -0.4 is 5.32 Å². The van der Waals surface area contributed by atoms with Crippen LogP contribution in [0.3, 0.4) is 0 Å². The summed E-state index contributed by atoms with van der Waals surface area (Å²) in [6.45, 7) is 4.09. The molecule has 0 bridgehead atoms. The minimum Gasteiger partial charge on any atom is -0.333 e. The molecule has 2 atom stereocenters. The van der Waals surface area contributed by atoms with Crippen LogP contribution in [0.2, 0.25) is 0 Å². The van der Waals surface area contributed by atoms with Crippen molar-refractivity contribution in [1.82, 2.24) is 10.2 Å². The number of amides is 1. The summed E-state index contributed by atoms with van der Waals surface area (Å²) in [5.74, 6) is 0.354.